The number of hydrogen-bond donors (Lipinski definition) is 4. The molecule has 0 aliphatic heterocycles. The Morgan fingerprint density at radius 2 is 0.685 bits per heavy atom. The molecular weight excluding hydrogens is 1630 g/mol. The molecule has 4 N–H and O–H groups in total. The monoisotopic (exact) mass is 1710 g/mol. The maximum Gasteiger partial charge on any atom is 0.264 e. The zero-order valence-electron chi connectivity index (χ0n) is 69.2. The summed E-state index contributed by atoms with van der Waals surface area (Å²) in [4.78, 5) is 93.0. The van der Waals surface area contributed by atoms with E-state index in [0.29, 0.717) is 99.3 Å². The molecule has 0 amide bonds. The molecule has 0 aliphatic carbocycles. The van der Waals surface area contributed by atoms with Gasteiger partial charge < -0.3 is 21.3 Å². The number of terminal acetylenes is 1. The van der Waals surface area contributed by atoms with Crippen LogP contribution in [-0.4, -0.2) is 58.1 Å². The van der Waals surface area contributed by atoms with Crippen LogP contribution < -0.4 is 43.5 Å². The summed E-state index contributed by atoms with van der Waals surface area (Å²) in [5.41, 5.74) is 9.86. The van der Waals surface area contributed by atoms with Crippen molar-refractivity contribution in [3.8, 4) is 46.2 Å². The van der Waals surface area contributed by atoms with Gasteiger partial charge >= 0.3 is 0 Å². The van der Waals surface area contributed by atoms with Crippen LogP contribution in [-0.2, 0) is 0 Å². The summed E-state index contributed by atoms with van der Waals surface area (Å²) in [7, 11) is 0. The summed E-state index contributed by atoms with van der Waals surface area (Å²) in [5.74, 6) is 7.58. The van der Waals surface area contributed by atoms with Gasteiger partial charge in [-0.1, -0.05) is 204 Å². The maximum atomic E-state index is 13.7. The van der Waals surface area contributed by atoms with Crippen LogP contribution in [0.3, 0.4) is 0 Å². The molecule has 0 spiro atoms. The fraction of sp³-hybridized carbons (Fsp3) is 0.141. The van der Waals surface area contributed by atoms with Gasteiger partial charge in [0.1, 0.15) is 46.6 Å². The van der Waals surface area contributed by atoms with E-state index < -0.39 is 0 Å². The molecule has 17 rings (SSSR count). The number of nitrogens with zero attached hydrogens (tertiary/aromatic N) is 13. The topological polar surface area (TPSA) is 244 Å². The van der Waals surface area contributed by atoms with Gasteiger partial charge in [0.05, 0.1) is 83.6 Å². The average Bonchev–Trinajstić information content (AvgIpc) is 0.772. The predicted molar refractivity (Wildman–Crippen MR) is 503 cm³/mol. The fourth-order valence-electron chi connectivity index (χ4n) is 15.0. The Kier molecular flexibility index (Phi) is 26.4. The number of aryl methyl sites for hydroxylation is 6. The highest BCUT2D eigenvalue weighted by atomic mass is 35.5. The van der Waals surface area contributed by atoms with Gasteiger partial charge in [0, 0.05) is 75.2 Å². The predicted octanol–water partition coefficient (Wildman–Crippen LogP) is 22.5. The van der Waals surface area contributed by atoms with Crippen molar-refractivity contribution in [2.75, 3.05) is 21.3 Å². The number of aromatic nitrogens is 12. The maximum absolute atomic E-state index is 13.7. The molecule has 0 radical (unpaired) electrons. The number of benzene rings is 9. The summed E-state index contributed by atoms with van der Waals surface area (Å²) >= 11 is 25.6. The molecule has 25 heteroatoms. The molecule has 0 saturated carbocycles. The number of anilines is 4. The van der Waals surface area contributed by atoms with Gasteiger partial charge in [-0.05, 0) is 193 Å². The third-order valence-electron chi connectivity index (χ3n) is 20.7. The second-order valence-electron chi connectivity index (χ2n) is 29.4. The van der Waals surface area contributed by atoms with Crippen molar-refractivity contribution >= 4 is 118 Å². The number of pyridine rings is 4. The number of halogens is 4. The van der Waals surface area contributed by atoms with Crippen LogP contribution in [0.15, 0.2) is 286 Å². The van der Waals surface area contributed by atoms with Crippen molar-refractivity contribution in [3.63, 3.8) is 0 Å². The molecule has 0 fully saturated rings. The molecule has 8 heterocycles. The highest BCUT2D eigenvalue weighted by Gasteiger charge is 2.26. The largest absolute Gasteiger partial charge is 0.371 e. The minimum absolute atomic E-state index is 0.141. The van der Waals surface area contributed by atoms with Gasteiger partial charge in [-0.25, -0.2) is 44.7 Å². The molecule has 17 aromatic rings. The summed E-state index contributed by atoms with van der Waals surface area (Å²) in [6, 6.07) is 78.8. The highest BCUT2D eigenvalue weighted by molar-refractivity contribution is 6.36. The first-order valence-electron chi connectivity index (χ1n) is 39.8. The summed E-state index contributed by atoms with van der Waals surface area (Å²) in [5, 5.41) is 20.5. The Bertz CT molecular complexity index is 7210. The van der Waals surface area contributed by atoms with Gasteiger partial charge in [-0.2, -0.15) is 0 Å². The van der Waals surface area contributed by atoms with Crippen molar-refractivity contribution in [1.82, 2.24) is 58.1 Å². The Balaban J connectivity index is 0.000000135. The van der Waals surface area contributed by atoms with E-state index in [1.54, 1.807) is 69.5 Å². The molecule has 0 unspecified atom stereocenters. The van der Waals surface area contributed by atoms with E-state index in [0.717, 1.165) is 89.7 Å². The first kappa shape index (κ1) is 85.9. The third kappa shape index (κ3) is 18.7. The third-order valence-corrected chi connectivity index (χ3v) is 21.9. The lowest BCUT2D eigenvalue weighted by atomic mass is 10.1. The van der Waals surface area contributed by atoms with Gasteiger partial charge in [-0.3, -0.25) is 37.4 Å². The van der Waals surface area contributed by atoms with Crippen molar-refractivity contribution in [2.24, 2.45) is 0 Å². The standard InChI is InChI=1S/C28H23ClN4O.C24H20ClN5O.C24H19ClN4O.C23H21ClN4O/c1-18(31-27-23(17-30-19(2)32-27)20-10-5-3-6-11-20)25-16-21-12-9-15-24(29)26(21)28(34)33(25)22-13-7-4-8-14-22;1-14(28-23-22(26-4)15(2)27-16(3)29-23)20-13-17-9-8-12-19(25)21(17)24(31)30(20)18-10-6-5-7-11-18;1-4-17-14-26-16(3)28-23(17)27-15(2)21-13-18-9-8-12-20(25)22(18)24(30)29(21)19-10-6-5-7-11-19;1-14-12-21(27-16(3)25-14)26-15(2)20-13-17-8-7-11-19(24)22(17)23(29)28(20)18-9-5-4-6-10-18/h3-18H,1-2H3,(H,30,31,32);5-14H,1-3H3,(H,27,28,29);1,5-15H,2-3H3,(H,26,27,28);4-13,15H,1-3H3,(H,25,26,27)/t18-;14-;2*15-/m0000/s1. The first-order valence-corrected chi connectivity index (χ1v) is 41.3. The van der Waals surface area contributed by atoms with Crippen LogP contribution in [0, 0.1) is 60.5 Å². The zero-order chi connectivity index (χ0) is 87.6. The summed E-state index contributed by atoms with van der Waals surface area (Å²) < 4.78 is 6.77. The molecular formula is C99H83Cl4N17O4. The average molecular weight is 1720 g/mol. The minimum atomic E-state index is -0.328. The van der Waals surface area contributed by atoms with E-state index in [9.17, 15) is 19.2 Å². The molecule has 0 saturated heterocycles. The quantitative estimate of drug-likeness (QED) is 0.0489. The number of nitrogens with one attached hydrogen (secondary N) is 4. The lowest BCUT2D eigenvalue weighted by molar-refractivity contribution is 0.771. The lowest BCUT2D eigenvalue weighted by Crippen LogP contribution is -2.26. The molecule has 9 aromatic carbocycles. The van der Waals surface area contributed by atoms with Gasteiger partial charge in [0.2, 0.25) is 5.69 Å². The number of hydrogen-bond acceptors (Lipinski definition) is 16. The van der Waals surface area contributed by atoms with E-state index in [2.05, 4.69) is 71.9 Å². The van der Waals surface area contributed by atoms with Crippen LogP contribution in [0.5, 0.6) is 0 Å². The second-order valence-corrected chi connectivity index (χ2v) is 31.1. The Hall–Kier alpha value is -14.5. The normalized spacial score (nSPS) is 11.9. The van der Waals surface area contributed by atoms with Crippen molar-refractivity contribution < 1.29 is 0 Å². The summed E-state index contributed by atoms with van der Waals surface area (Å²) in [6.07, 6.45) is 9.05. The number of fused-ring (bicyclic) bond motifs is 4. The lowest BCUT2D eigenvalue weighted by Gasteiger charge is -2.23. The van der Waals surface area contributed by atoms with Crippen LogP contribution in [0.1, 0.15) is 115 Å². The second kappa shape index (κ2) is 38.1. The molecule has 8 aromatic heterocycles. The van der Waals surface area contributed by atoms with Crippen LogP contribution in [0.25, 0.3) is 81.8 Å². The van der Waals surface area contributed by atoms with E-state index in [-0.39, 0.29) is 46.4 Å². The fourth-order valence-corrected chi connectivity index (χ4v) is 16.0. The van der Waals surface area contributed by atoms with Crippen LogP contribution >= 0.6 is 46.4 Å². The SMILES string of the molecule is C#Cc1cnc(C)nc1N[C@@H](C)c1cc2cccc(Cl)c2c(=O)n1-c1ccccc1.Cc1cc(N[C@@H](C)c2cc3cccc(Cl)c3c(=O)n2-c2ccccc2)nc(C)n1.Cc1ncc(-c2ccccc2)c(N[C@@H](C)c2cc3cccc(Cl)c3c(=O)n2-c2ccccc2)n1.[C-]#[N+]c1c(C)nc(C)nc1N[C@@H](C)c1cc2cccc(Cl)c2c(=O)n1-c1ccccc1. The van der Waals surface area contributed by atoms with Gasteiger partial charge in [-0.15, -0.1) is 6.42 Å². The minimum Gasteiger partial charge on any atom is -0.371 e. The summed E-state index contributed by atoms with van der Waals surface area (Å²) in [6.45, 7) is 26.5. The van der Waals surface area contributed by atoms with Crippen molar-refractivity contribution in [1.29, 1.82) is 0 Å². The van der Waals surface area contributed by atoms with E-state index in [1.807, 2.05) is 285 Å². The molecule has 0 aliphatic rings. The van der Waals surface area contributed by atoms with E-state index in [1.165, 1.54) is 0 Å². The van der Waals surface area contributed by atoms with Crippen molar-refractivity contribution in [3.05, 3.63) is 403 Å². The van der Waals surface area contributed by atoms with E-state index in [4.69, 9.17) is 59.4 Å². The first-order chi connectivity index (χ1) is 59.9. The molecule has 0 bridgehead atoms. The van der Waals surface area contributed by atoms with E-state index >= 15 is 0 Å². The van der Waals surface area contributed by atoms with Crippen molar-refractivity contribution in [2.45, 2.75) is 93.4 Å². The van der Waals surface area contributed by atoms with Gasteiger partial charge in [0.25, 0.3) is 22.2 Å². The Morgan fingerprint density at radius 1 is 0.363 bits per heavy atom. The van der Waals surface area contributed by atoms with Gasteiger partial charge in [0.15, 0.2) is 0 Å². The zero-order valence-corrected chi connectivity index (χ0v) is 72.3. The number of para-hydroxylation sites is 4. The Labute approximate surface area is 735 Å². The smallest absolute Gasteiger partial charge is 0.264 e. The molecule has 616 valence electrons. The molecule has 124 heavy (non-hydrogen) atoms. The number of rotatable bonds is 17. The molecule has 4 atom stereocenters. The molecule has 21 nitrogen and oxygen atoms in total. The van der Waals surface area contributed by atoms with Crippen LogP contribution in [0.2, 0.25) is 20.1 Å². The Morgan fingerprint density at radius 3 is 1.05 bits per heavy atom. The van der Waals surface area contributed by atoms with Crippen LogP contribution in [0.4, 0.5) is 29.0 Å². The highest BCUT2D eigenvalue weighted by Crippen LogP contribution is 2.36.